The maximum absolute atomic E-state index is 10.3. The molecule has 1 aromatic heterocycles. The molecule has 0 saturated carbocycles. The number of rotatable bonds is 5. The van der Waals surface area contributed by atoms with E-state index in [-0.39, 0.29) is 6.42 Å². The second-order valence-electron chi connectivity index (χ2n) is 3.55. The minimum Gasteiger partial charge on any atom is -0.481 e. The zero-order valence-corrected chi connectivity index (χ0v) is 10.5. The first kappa shape index (κ1) is 12.3. The fourth-order valence-corrected chi connectivity index (χ4v) is 2.42. The smallest absolute Gasteiger partial charge is 0.303 e. The molecule has 0 amide bonds. The van der Waals surface area contributed by atoms with E-state index in [0.717, 1.165) is 21.9 Å². The highest BCUT2D eigenvalue weighted by atomic mass is 35.5. The number of aromatic amines is 1. The fraction of sp³-hybridized carbons (Fsp3) is 0.273. The Morgan fingerprint density at radius 1 is 1.53 bits per heavy atom. The molecule has 0 saturated heterocycles. The second-order valence-corrected chi connectivity index (χ2v) is 5.07. The molecule has 0 unspecified atom stereocenters. The summed E-state index contributed by atoms with van der Waals surface area (Å²) in [4.78, 5) is 17.9. The van der Waals surface area contributed by atoms with E-state index in [9.17, 15) is 4.79 Å². The number of H-pyrrole nitrogens is 1. The van der Waals surface area contributed by atoms with Gasteiger partial charge in [0, 0.05) is 17.2 Å². The van der Waals surface area contributed by atoms with E-state index in [1.165, 1.54) is 11.8 Å². The summed E-state index contributed by atoms with van der Waals surface area (Å²) >= 11 is 7.39. The van der Waals surface area contributed by atoms with Gasteiger partial charge in [0.15, 0.2) is 5.16 Å². The lowest BCUT2D eigenvalue weighted by Crippen LogP contribution is -1.94. The van der Waals surface area contributed by atoms with E-state index in [2.05, 4.69) is 9.97 Å². The van der Waals surface area contributed by atoms with Gasteiger partial charge in [-0.05, 0) is 24.6 Å². The van der Waals surface area contributed by atoms with Crippen LogP contribution in [0, 0.1) is 0 Å². The average molecular weight is 271 g/mol. The van der Waals surface area contributed by atoms with Crippen molar-refractivity contribution in [1.29, 1.82) is 0 Å². The molecule has 0 aliphatic rings. The third-order valence-corrected chi connectivity index (χ3v) is 3.39. The summed E-state index contributed by atoms with van der Waals surface area (Å²) in [5.74, 6) is -0.0261. The number of halogens is 1. The number of aromatic nitrogens is 2. The van der Waals surface area contributed by atoms with E-state index in [1.54, 1.807) is 6.07 Å². The molecule has 0 radical (unpaired) electrons. The van der Waals surface area contributed by atoms with Crippen molar-refractivity contribution in [1.82, 2.24) is 9.97 Å². The van der Waals surface area contributed by atoms with Gasteiger partial charge in [0.1, 0.15) is 0 Å². The molecule has 0 bridgehead atoms. The Labute approximate surface area is 107 Å². The van der Waals surface area contributed by atoms with Gasteiger partial charge in [-0.15, -0.1) is 0 Å². The Hall–Kier alpha value is -1.20. The van der Waals surface area contributed by atoms with Gasteiger partial charge >= 0.3 is 5.97 Å². The van der Waals surface area contributed by atoms with E-state index in [0.29, 0.717) is 11.4 Å². The highest BCUT2D eigenvalue weighted by Gasteiger charge is 2.04. The van der Waals surface area contributed by atoms with Gasteiger partial charge in [0.05, 0.1) is 11.0 Å². The van der Waals surface area contributed by atoms with Crippen LogP contribution in [0.1, 0.15) is 12.8 Å². The lowest BCUT2D eigenvalue weighted by Gasteiger charge is -1.94. The molecular weight excluding hydrogens is 260 g/mol. The lowest BCUT2D eigenvalue weighted by atomic mass is 10.3. The van der Waals surface area contributed by atoms with Crippen molar-refractivity contribution in [2.45, 2.75) is 18.0 Å². The van der Waals surface area contributed by atoms with Crippen LogP contribution in [0.4, 0.5) is 0 Å². The van der Waals surface area contributed by atoms with Gasteiger partial charge in [0.25, 0.3) is 0 Å². The Kier molecular flexibility index (Phi) is 3.91. The molecule has 6 heteroatoms. The highest BCUT2D eigenvalue weighted by molar-refractivity contribution is 7.99. The number of carbonyl (C=O) groups is 1. The van der Waals surface area contributed by atoms with Crippen LogP contribution < -0.4 is 0 Å². The van der Waals surface area contributed by atoms with Crippen LogP contribution in [0.5, 0.6) is 0 Å². The van der Waals surface area contributed by atoms with E-state index in [4.69, 9.17) is 16.7 Å². The van der Waals surface area contributed by atoms with Crippen molar-refractivity contribution >= 4 is 40.4 Å². The molecule has 0 spiro atoms. The van der Waals surface area contributed by atoms with Crippen molar-refractivity contribution in [3.63, 3.8) is 0 Å². The van der Waals surface area contributed by atoms with Gasteiger partial charge in [-0.2, -0.15) is 0 Å². The number of hydrogen-bond donors (Lipinski definition) is 2. The summed E-state index contributed by atoms with van der Waals surface area (Å²) in [6, 6.07) is 5.48. The number of carboxylic acids is 1. The van der Waals surface area contributed by atoms with Crippen LogP contribution in [0.15, 0.2) is 23.4 Å². The SMILES string of the molecule is O=C(O)CCCSc1nc2ccc(Cl)cc2[nH]1. The molecule has 0 atom stereocenters. The standard InChI is InChI=1S/C11H11ClN2O2S/c12-7-3-4-8-9(6-7)14-11(13-8)17-5-1-2-10(15)16/h3-4,6H,1-2,5H2,(H,13,14)(H,15,16). The Balaban J connectivity index is 1.97. The number of nitrogens with zero attached hydrogens (tertiary/aromatic N) is 1. The molecule has 0 aliphatic carbocycles. The van der Waals surface area contributed by atoms with Crippen molar-refractivity contribution in [2.24, 2.45) is 0 Å². The van der Waals surface area contributed by atoms with E-state index in [1.807, 2.05) is 12.1 Å². The fourth-order valence-electron chi connectivity index (χ4n) is 1.42. The van der Waals surface area contributed by atoms with E-state index >= 15 is 0 Å². The molecule has 4 nitrogen and oxygen atoms in total. The Morgan fingerprint density at radius 2 is 2.35 bits per heavy atom. The zero-order chi connectivity index (χ0) is 12.3. The molecule has 0 aliphatic heterocycles. The molecule has 17 heavy (non-hydrogen) atoms. The molecule has 2 N–H and O–H groups in total. The summed E-state index contributed by atoms with van der Waals surface area (Å²) in [5.41, 5.74) is 1.77. The molecule has 2 rings (SSSR count). The molecule has 0 fully saturated rings. The first-order chi connectivity index (χ1) is 8.15. The summed E-state index contributed by atoms with van der Waals surface area (Å²) in [5, 5.41) is 9.98. The third kappa shape index (κ3) is 3.38. The monoisotopic (exact) mass is 270 g/mol. The first-order valence-corrected chi connectivity index (χ1v) is 6.51. The molecule has 1 aromatic carbocycles. The number of fused-ring (bicyclic) bond motifs is 1. The van der Waals surface area contributed by atoms with Gasteiger partial charge in [-0.3, -0.25) is 4.79 Å². The lowest BCUT2D eigenvalue weighted by molar-refractivity contribution is -0.137. The number of nitrogens with one attached hydrogen (secondary N) is 1. The molecule has 2 aromatic rings. The number of imidazole rings is 1. The van der Waals surface area contributed by atoms with Crippen molar-refractivity contribution < 1.29 is 9.90 Å². The van der Waals surface area contributed by atoms with Crippen LogP contribution in [0.3, 0.4) is 0 Å². The second kappa shape index (κ2) is 5.42. The number of hydrogen-bond acceptors (Lipinski definition) is 3. The van der Waals surface area contributed by atoms with Crippen molar-refractivity contribution in [2.75, 3.05) is 5.75 Å². The normalized spacial score (nSPS) is 10.9. The highest BCUT2D eigenvalue weighted by Crippen LogP contribution is 2.22. The maximum atomic E-state index is 10.3. The predicted octanol–water partition coefficient (Wildman–Crippen LogP) is 3.17. The average Bonchev–Trinajstić information content (AvgIpc) is 2.66. The van der Waals surface area contributed by atoms with Crippen LogP contribution in [-0.4, -0.2) is 26.8 Å². The number of thioether (sulfide) groups is 1. The molecular formula is C11H11ClN2O2S. The van der Waals surface area contributed by atoms with Crippen LogP contribution in [0.2, 0.25) is 5.02 Å². The van der Waals surface area contributed by atoms with Gasteiger partial charge < -0.3 is 10.1 Å². The van der Waals surface area contributed by atoms with Crippen molar-refractivity contribution in [3.8, 4) is 0 Å². The van der Waals surface area contributed by atoms with E-state index < -0.39 is 5.97 Å². The first-order valence-electron chi connectivity index (χ1n) is 5.15. The molecule has 90 valence electrons. The zero-order valence-electron chi connectivity index (χ0n) is 8.94. The number of carboxylic acid groups (broad SMARTS) is 1. The Bertz CT molecular complexity index is 541. The predicted molar refractivity (Wildman–Crippen MR) is 68.7 cm³/mol. The minimum atomic E-state index is -0.762. The van der Waals surface area contributed by atoms with Crippen molar-refractivity contribution in [3.05, 3.63) is 23.2 Å². The Morgan fingerprint density at radius 3 is 3.12 bits per heavy atom. The van der Waals surface area contributed by atoms with Gasteiger partial charge in [-0.1, -0.05) is 23.4 Å². The molecule has 1 heterocycles. The topological polar surface area (TPSA) is 66.0 Å². The third-order valence-electron chi connectivity index (χ3n) is 2.20. The minimum absolute atomic E-state index is 0.194. The van der Waals surface area contributed by atoms with Crippen LogP contribution >= 0.6 is 23.4 Å². The van der Waals surface area contributed by atoms with Crippen LogP contribution in [0.25, 0.3) is 11.0 Å². The number of aliphatic carboxylic acids is 1. The summed E-state index contributed by atoms with van der Waals surface area (Å²) in [6.45, 7) is 0. The van der Waals surface area contributed by atoms with Crippen LogP contribution in [-0.2, 0) is 4.79 Å². The van der Waals surface area contributed by atoms with Gasteiger partial charge in [-0.25, -0.2) is 4.98 Å². The van der Waals surface area contributed by atoms with Gasteiger partial charge in [0.2, 0.25) is 0 Å². The maximum Gasteiger partial charge on any atom is 0.303 e. The number of benzene rings is 1. The summed E-state index contributed by atoms with van der Waals surface area (Å²) in [7, 11) is 0. The summed E-state index contributed by atoms with van der Waals surface area (Å²) in [6.07, 6.45) is 0.830. The largest absolute Gasteiger partial charge is 0.481 e. The summed E-state index contributed by atoms with van der Waals surface area (Å²) < 4.78 is 0. The quantitative estimate of drug-likeness (QED) is 0.647.